The predicted octanol–water partition coefficient (Wildman–Crippen LogP) is 3.96. The third kappa shape index (κ3) is 3.25. The van der Waals surface area contributed by atoms with Crippen molar-refractivity contribution in [2.24, 2.45) is 5.92 Å². The summed E-state index contributed by atoms with van der Waals surface area (Å²) in [5.74, 6) is -3.53. The molecular formula is C18H10Cl2O4. The summed E-state index contributed by atoms with van der Waals surface area (Å²) >= 11 is 11.6. The van der Waals surface area contributed by atoms with E-state index < -0.39 is 23.5 Å². The molecule has 2 aromatic rings. The SMILES string of the molecule is O=C1C=C(c2ccc(Cl)cc2)OC(=O)C1C(=O)c1ccc(Cl)cc1. The number of hydrogen-bond donors (Lipinski definition) is 0. The Hall–Kier alpha value is -2.43. The topological polar surface area (TPSA) is 60.4 Å². The van der Waals surface area contributed by atoms with Gasteiger partial charge in [0.05, 0.1) is 0 Å². The van der Waals surface area contributed by atoms with Crippen LogP contribution in [0.3, 0.4) is 0 Å². The van der Waals surface area contributed by atoms with Crippen LogP contribution in [0.1, 0.15) is 15.9 Å². The van der Waals surface area contributed by atoms with E-state index in [1.54, 1.807) is 24.3 Å². The molecule has 0 saturated heterocycles. The number of allylic oxidation sites excluding steroid dienone is 1. The highest BCUT2D eigenvalue weighted by Crippen LogP contribution is 2.27. The molecular weight excluding hydrogens is 351 g/mol. The minimum absolute atomic E-state index is 0.0989. The molecule has 0 amide bonds. The van der Waals surface area contributed by atoms with E-state index in [2.05, 4.69) is 0 Å². The number of esters is 1. The summed E-state index contributed by atoms with van der Waals surface area (Å²) in [6, 6.07) is 12.4. The molecule has 3 rings (SSSR count). The van der Waals surface area contributed by atoms with Crippen molar-refractivity contribution in [3.8, 4) is 0 Å². The fourth-order valence-electron chi connectivity index (χ4n) is 2.30. The molecule has 2 aromatic carbocycles. The van der Waals surface area contributed by atoms with E-state index in [1.165, 1.54) is 24.3 Å². The molecule has 4 nitrogen and oxygen atoms in total. The number of halogens is 2. The van der Waals surface area contributed by atoms with Crippen LogP contribution in [0.25, 0.3) is 5.76 Å². The summed E-state index contributed by atoms with van der Waals surface area (Å²) in [5.41, 5.74) is 0.747. The fraction of sp³-hybridized carbons (Fsp3) is 0.0556. The molecule has 0 N–H and O–H groups in total. The van der Waals surface area contributed by atoms with Crippen LogP contribution in [0, 0.1) is 5.92 Å². The van der Waals surface area contributed by atoms with Crippen LogP contribution in [0.2, 0.25) is 10.0 Å². The number of rotatable bonds is 3. The average Bonchev–Trinajstić information content (AvgIpc) is 2.55. The van der Waals surface area contributed by atoms with E-state index in [4.69, 9.17) is 27.9 Å². The standard InChI is InChI=1S/C18H10Cl2O4/c19-12-5-1-10(2-6-12)15-9-14(21)16(18(23)24-15)17(22)11-3-7-13(20)8-4-11/h1-9,16H. The summed E-state index contributed by atoms with van der Waals surface area (Å²) in [4.78, 5) is 36.9. The van der Waals surface area contributed by atoms with Crippen molar-refractivity contribution < 1.29 is 19.1 Å². The molecule has 0 aliphatic carbocycles. The van der Waals surface area contributed by atoms with Gasteiger partial charge in [-0.25, -0.2) is 0 Å². The van der Waals surface area contributed by atoms with Crippen LogP contribution >= 0.6 is 23.2 Å². The fourth-order valence-corrected chi connectivity index (χ4v) is 2.55. The van der Waals surface area contributed by atoms with Gasteiger partial charge in [0.25, 0.3) is 0 Å². The Bertz CT molecular complexity index is 852. The van der Waals surface area contributed by atoms with E-state index in [9.17, 15) is 14.4 Å². The van der Waals surface area contributed by atoms with Crippen LogP contribution in [0.15, 0.2) is 54.6 Å². The number of carbonyl (C=O) groups excluding carboxylic acids is 3. The van der Waals surface area contributed by atoms with Crippen molar-refractivity contribution in [2.75, 3.05) is 0 Å². The zero-order valence-corrected chi connectivity index (χ0v) is 13.7. The zero-order valence-electron chi connectivity index (χ0n) is 12.2. The quantitative estimate of drug-likeness (QED) is 0.472. The van der Waals surface area contributed by atoms with Gasteiger partial charge in [0.15, 0.2) is 17.5 Å². The van der Waals surface area contributed by atoms with Crippen molar-refractivity contribution in [3.05, 3.63) is 75.8 Å². The van der Waals surface area contributed by atoms with Gasteiger partial charge in [-0.2, -0.15) is 0 Å². The van der Waals surface area contributed by atoms with E-state index in [1.807, 2.05) is 0 Å². The van der Waals surface area contributed by atoms with Crippen LogP contribution in [-0.2, 0) is 14.3 Å². The van der Waals surface area contributed by atoms with E-state index in [0.29, 0.717) is 15.6 Å². The first-order valence-corrected chi connectivity index (χ1v) is 7.74. The minimum atomic E-state index is -1.50. The lowest BCUT2D eigenvalue weighted by atomic mass is 9.91. The first kappa shape index (κ1) is 16.4. The second-order valence-corrected chi connectivity index (χ2v) is 6.02. The molecule has 0 spiro atoms. The van der Waals surface area contributed by atoms with Crippen LogP contribution < -0.4 is 0 Å². The maximum atomic E-state index is 12.4. The molecule has 24 heavy (non-hydrogen) atoms. The van der Waals surface area contributed by atoms with Crippen molar-refractivity contribution in [3.63, 3.8) is 0 Å². The van der Waals surface area contributed by atoms with E-state index >= 15 is 0 Å². The second-order valence-electron chi connectivity index (χ2n) is 5.14. The molecule has 0 aromatic heterocycles. The Morgan fingerprint density at radius 2 is 1.42 bits per heavy atom. The van der Waals surface area contributed by atoms with Crippen molar-refractivity contribution in [1.29, 1.82) is 0 Å². The molecule has 0 saturated carbocycles. The summed E-state index contributed by atoms with van der Waals surface area (Å²) in [6.07, 6.45) is 1.16. The van der Waals surface area contributed by atoms with Crippen molar-refractivity contribution >= 4 is 46.5 Å². The molecule has 0 fully saturated rings. The number of ketones is 2. The lowest BCUT2D eigenvalue weighted by Gasteiger charge is -2.19. The first-order chi connectivity index (χ1) is 11.5. The number of benzene rings is 2. The van der Waals surface area contributed by atoms with Gasteiger partial charge in [0.1, 0.15) is 5.76 Å². The van der Waals surface area contributed by atoms with Crippen LogP contribution in [0.5, 0.6) is 0 Å². The summed E-state index contributed by atoms with van der Waals surface area (Å²) in [6.45, 7) is 0. The molecule has 1 heterocycles. The monoisotopic (exact) mass is 360 g/mol. The Balaban J connectivity index is 1.89. The number of ether oxygens (including phenoxy) is 1. The number of hydrogen-bond acceptors (Lipinski definition) is 4. The van der Waals surface area contributed by atoms with Gasteiger partial charge < -0.3 is 4.74 Å². The van der Waals surface area contributed by atoms with E-state index in [0.717, 1.165) is 6.08 Å². The summed E-state index contributed by atoms with van der Waals surface area (Å²) < 4.78 is 5.17. The lowest BCUT2D eigenvalue weighted by Crippen LogP contribution is -2.35. The molecule has 6 heteroatoms. The van der Waals surface area contributed by atoms with Gasteiger partial charge in [-0.1, -0.05) is 23.2 Å². The molecule has 1 aliphatic heterocycles. The normalized spacial score (nSPS) is 17.2. The van der Waals surface area contributed by atoms with Crippen molar-refractivity contribution in [1.82, 2.24) is 0 Å². The first-order valence-electron chi connectivity index (χ1n) is 6.98. The Kier molecular flexibility index (Phi) is 4.51. The van der Waals surface area contributed by atoms with Gasteiger partial charge in [0, 0.05) is 27.2 Å². The highest BCUT2D eigenvalue weighted by Gasteiger charge is 2.39. The maximum Gasteiger partial charge on any atom is 0.330 e. The third-order valence-electron chi connectivity index (χ3n) is 3.52. The van der Waals surface area contributed by atoms with Crippen molar-refractivity contribution in [2.45, 2.75) is 0 Å². The molecule has 0 radical (unpaired) electrons. The predicted molar refractivity (Wildman–Crippen MR) is 89.8 cm³/mol. The van der Waals surface area contributed by atoms with Gasteiger partial charge in [0.2, 0.25) is 0 Å². The highest BCUT2D eigenvalue weighted by atomic mass is 35.5. The van der Waals surface area contributed by atoms with Gasteiger partial charge in [-0.15, -0.1) is 0 Å². The Morgan fingerprint density at radius 1 is 0.875 bits per heavy atom. The molecule has 120 valence electrons. The second kappa shape index (κ2) is 6.59. The zero-order chi connectivity index (χ0) is 17.3. The van der Waals surface area contributed by atoms with Gasteiger partial charge >= 0.3 is 5.97 Å². The number of cyclic esters (lactones) is 1. The summed E-state index contributed by atoms with van der Waals surface area (Å²) in [7, 11) is 0. The third-order valence-corrected chi connectivity index (χ3v) is 4.03. The lowest BCUT2D eigenvalue weighted by molar-refractivity contribution is -0.143. The minimum Gasteiger partial charge on any atom is -0.425 e. The highest BCUT2D eigenvalue weighted by molar-refractivity contribution is 6.31. The van der Waals surface area contributed by atoms with Gasteiger partial charge in [-0.3, -0.25) is 14.4 Å². The van der Waals surface area contributed by atoms with Crippen LogP contribution in [-0.4, -0.2) is 17.5 Å². The number of Topliss-reactive ketones (excluding diaryl/α,β-unsaturated/α-hetero) is 1. The summed E-state index contributed by atoms with van der Waals surface area (Å²) in [5, 5.41) is 0.970. The van der Waals surface area contributed by atoms with Gasteiger partial charge in [-0.05, 0) is 48.5 Å². The Morgan fingerprint density at radius 3 is 1.96 bits per heavy atom. The number of carbonyl (C=O) groups is 3. The largest absolute Gasteiger partial charge is 0.425 e. The smallest absolute Gasteiger partial charge is 0.330 e. The molecule has 1 atom stereocenters. The van der Waals surface area contributed by atoms with Crippen LogP contribution in [0.4, 0.5) is 0 Å². The molecule has 1 aliphatic rings. The maximum absolute atomic E-state index is 12.4. The molecule has 0 bridgehead atoms. The Labute approximate surface area is 147 Å². The molecule has 1 unspecified atom stereocenters. The average molecular weight is 361 g/mol. The van der Waals surface area contributed by atoms with E-state index in [-0.39, 0.29) is 11.3 Å².